The highest BCUT2D eigenvalue weighted by molar-refractivity contribution is 5.76. The highest BCUT2D eigenvalue weighted by atomic mass is 16.1. The lowest BCUT2D eigenvalue weighted by Gasteiger charge is -2.30. The Labute approximate surface area is 123 Å². The number of carbonyl (C=O) groups excluding carboxylic acids is 1. The molecule has 0 aromatic rings. The van der Waals surface area contributed by atoms with Crippen LogP contribution < -0.4 is 10.6 Å². The number of nitrogens with one attached hydrogen (secondary N) is 2. The Kier molecular flexibility index (Phi) is 6.80. The molecule has 2 rings (SSSR count). The summed E-state index contributed by atoms with van der Waals surface area (Å²) < 4.78 is 0. The van der Waals surface area contributed by atoms with Gasteiger partial charge in [-0.25, -0.2) is 0 Å². The number of hydrogen-bond donors (Lipinski definition) is 2. The van der Waals surface area contributed by atoms with Crippen molar-refractivity contribution in [3.8, 4) is 0 Å². The van der Waals surface area contributed by atoms with Crippen molar-refractivity contribution in [3.63, 3.8) is 0 Å². The van der Waals surface area contributed by atoms with Crippen molar-refractivity contribution in [1.29, 1.82) is 0 Å². The maximum atomic E-state index is 11.9. The van der Waals surface area contributed by atoms with E-state index in [0.717, 1.165) is 57.8 Å². The van der Waals surface area contributed by atoms with Crippen LogP contribution in [0, 0.1) is 11.8 Å². The monoisotopic (exact) mass is 281 g/mol. The van der Waals surface area contributed by atoms with E-state index in [2.05, 4.69) is 22.5 Å². The molecule has 2 aliphatic rings. The first-order chi connectivity index (χ1) is 9.74. The first-order valence-electron chi connectivity index (χ1n) is 8.44. The largest absolute Gasteiger partial charge is 0.356 e. The van der Waals surface area contributed by atoms with Gasteiger partial charge < -0.3 is 15.5 Å². The molecule has 0 bridgehead atoms. The van der Waals surface area contributed by atoms with Gasteiger partial charge in [0.15, 0.2) is 0 Å². The van der Waals surface area contributed by atoms with Crippen LogP contribution in [0.4, 0.5) is 0 Å². The molecule has 0 aliphatic carbocycles. The molecule has 20 heavy (non-hydrogen) atoms. The summed E-state index contributed by atoms with van der Waals surface area (Å²) in [7, 11) is 0. The molecular weight excluding hydrogens is 250 g/mol. The van der Waals surface area contributed by atoms with Crippen LogP contribution in [-0.4, -0.2) is 50.1 Å². The zero-order valence-electron chi connectivity index (χ0n) is 13.0. The molecule has 2 saturated heterocycles. The van der Waals surface area contributed by atoms with E-state index in [0.29, 0.717) is 5.92 Å². The van der Waals surface area contributed by atoms with E-state index in [1.807, 2.05) is 0 Å². The first-order valence-corrected chi connectivity index (χ1v) is 8.44. The van der Waals surface area contributed by atoms with E-state index in [9.17, 15) is 4.79 Å². The molecule has 0 aromatic carbocycles. The predicted octanol–water partition coefficient (Wildman–Crippen LogP) is 1.61. The second kappa shape index (κ2) is 8.63. The fraction of sp³-hybridized carbons (Fsp3) is 0.938. The maximum absolute atomic E-state index is 11.9. The molecule has 2 heterocycles. The number of hydrogen-bond acceptors (Lipinski definition) is 3. The number of amides is 1. The Hall–Kier alpha value is -0.610. The lowest BCUT2D eigenvalue weighted by atomic mass is 9.94. The Balaban J connectivity index is 1.48. The van der Waals surface area contributed by atoms with Gasteiger partial charge in [0.25, 0.3) is 0 Å². The van der Waals surface area contributed by atoms with Crippen molar-refractivity contribution in [2.24, 2.45) is 11.8 Å². The Morgan fingerprint density at radius 1 is 1.20 bits per heavy atom. The highest BCUT2D eigenvalue weighted by Gasteiger charge is 2.17. The molecule has 0 aromatic heterocycles. The van der Waals surface area contributed by atoms with E-state index in [-0.39, 0.29) is 5.91 Å². The molecule has 0 atom stereocenters. The van der Waals surface area contributed by atoms with E-state index >= 15 is 0 Å². The van der Waals surface area contributed by atoms with Crippen molar-refractivity contribution < 1.29 is 4.79 Å². The molecule has 0 saturated carbocycles. The topological polar surface area (TPSA) is 44.4 Å². The number of carbonyl (C=O) groups is 1. The SMILES string of the molecule is CC1CCN(CCCNC(=O)CC2CCNCC2)CC1. The molecule has 0 unspecified atom stereocenters. The summed E-state index contributed by atoms with van der Waals surface area (Å²) in [6, 6.07) is 0. The summed E-state index contributed by atoms with van der Waals surface area (Å²) >= 11 is 0. The van der Waals surface area contributed by atoms with Gasteiger partial charge >= 0.3 is 0 Å². The van der Waals surface area contributed by atoms with Crippen LogP contribution >= 0.6 is 0 Å². The third kappa shape index (κ3) is 5.80. The summed E-state index contributed by atoms with van der Waals surface area (Å²) in [5.41, 5.74) is 0. The zero-order valence-corrected chi connectivity index (χ0v) is 13.0. The third-order valence-electron chi connectivity index (χ3n) is 4.78. The molecule has 0 radical (unpaired) electrons. The van der Waals surface area contributed by atoms with Gasteiger partial charge in [-0.05, 0) is 76.7 Å². The summed E-state index contributed by atoms with van der Waals surface area (Å²) in [6.45, 7) is 8.96. The van der Waals surface area contributed by atoms with E-state index in [1.54, 1.807) is 0 Å². The summed E-state index contributed by atoms with van der Waals surface area (Å²) in [6.07, 6.45) is 6.79. The first kappa shape index (κ1) is 15.8. The fourth-order valence-electron chi connectivity index (χ4n) is 3.24. The summed E-state index contributed by atoms with van der Waals surface area (Å²) in [5.74, 6) is 1.75. The van der Waals surface area contributed by atoms with Crippen molar-refractivity contribution in [1.82, 2.24) is 15.5 Å². The standard InChI is InChI=1S/C16H31N3O/c1-14-5-11-19(12-6-14)10-2-7-18-16(20)13-15-3-8-17-9-4-15/h14-15,17H,2-13H2,1H3,(H,18,20). The molecule has 1 amide bonds. The van der Waals surface area contributed by atoms with E-state index in [1.165, 1.54) is 25.9 Å². The molecule has 4 heteroatoms. The second-order valence-electron chi connectivity index (χ2n) is 6.63. The number of likely N-dealkylation sites (tertiary alicyclic amines) is 1. The van der Waals surface area contributed by atoms with Crippen LogP contribution in [0.15, 0.2) is 0 Å². The quantitative estimate of drug-likeness (QED) is 0.727. The molecule has 2 aliphatic heterocycles. The highest BCUT2D eigenvalue weighted by Crippen LogP contribution is 2.16. The average molecular weight is 281 g/mol. The van der Waals surface area contributed by atoms with Crippen LogP contribution in [0.2, 0.25) is 0 Å². The average Bonchev–Trinajstić information content (AvgIpc) is 2.46. The maximum Gasteiger partial charge on any atom is 0.220 e. The number of nitrogens with zero attached hydrogens (tertiary/aromatic N) is 1. The third-order valence-corrected chi connectivity index (χ3v) is 4.78. The smallest absolute Gasteiger partial charge is 0.220 e. The summed E-state index contributed by atoms with van der Waals surface area (Å²) in [5, 5.41) is 6.43. The van der Waals surface area contributed by atoms with Gasteiger partial charge in [-0.3, -0.25) is 4.79 Å². The van der Waals surface area contributed by atoms with Gasteiger partial charge in [-0.2, -0.15) is 0 Å². The van der Waals surface area contributed by atoms with Gasteiger partial charge in [-0.15, -0.1) is 0 Å². The van der Waals surface area contributed by atoms with E-state index < -0.39 is 0 Å². The Bertz CT molecular complexity index is 281. The second-order valence-corrected chi connectivity index (χ2v) is 6.63. The van der Waals surface area contributed by atoms with Crippen LogP contribution in [0.25, 0.3) is 0 Å². The number of rotatable bonds is 6. The minimum absolute atomic E-state index is 0.254. The van der Waals surface area contributed by atoms with Gasteiger partial charge in [0.1, 0.15) is 0 Å². The molecule has 116 valence electrons. The van der Waals surface area contributed by atoms with Gasteiger partial charge in [-0.1, -0.05) is 6.92 Å². The molecule has 2 fully saturated rings. The normalized spacial score (nSPS) is 22.9. The van der Waals surface area contributed by atoms with Crippen molar-refractivity contribution in [3.05, 3.63) is 0 Å². The van der Waals surface area contributed by atoms with Gasteiger partial charge in [0.05, 0.1) is 0 Å². The Morgan fingerprint density at radius 3 is 2.60 bits per heavy atom. The van der Waals surface area contributed by atoms with Crippen LogP contribution in [-0.2, 0) is 4.79 Å². The van der Waals surface area contributed by atoms with Crippen LogP contribution in [0.5, 0.6) is 0 Å². The van der Waals surface area contributed by atoms with Crippen molar-refractivity contribution >= 4 is 5.91 Å². The van der Waals surface area contributed by atoms with Crippen LogP contribution in [0.3, 0.4) is 0 Å². The zero-order chi connectivity index (χ0) is 14.2. The lowest BCUT2D eigenvalue weighted by Crippen LogP contribution is -2.36. The molecular formula is C16H31N3O. The Morgan fingerprint density at radius 2 is 1.90 bits per heavy atom. The number of piperidine rings is 2. The van der Waals surface area contributed by atoms with E-state index in [4.69, 9.17) is 0 Å². The lowest BCUT2D eigenvalue weighted by molar-refractivity contribution is -0.122. The van der Waals surface area contributed by atoms with Gasteiger partial charge in [0.2, 0.25) is 5.91 Å². The fourth-order valence-corrected chi connectivity index (χ4v) is 3.24. The molecule has 4 nitrogen and oxygen atoms in total. The molecule has 2 N–H and O–H groups in total. The minimum Gasteiger partial charge on any atom is -0.356 e. The summed E-state index contributed by atoms with van der Waals surface area (Å²) in [4.78, 5) is 14.4. The minimum atomic E-state index is 0.254. The van der Waals surface area contributed by atoms with Crippen LogP contribution in [0.1, 0.15) is 45.4 Å². The van der Waals surface area contributed by atoms with Crippen molar-refractivity contribution in [2.75, 3.05) is 39.3 Å². The van der Waals surface area contributed by atoms with Gasteiger partial charge in [0, 0.05) is 13.0 Å². The van der Waals surface area contributed by atoms with Crippen molar-refractivity contribution in [2.45, 2.75) is 45.4 Å². The molecule has 0 spiro atoms. The predicted molar refractivity (Wildman–Crippen MR) is 82.7 cm³/mol.